The van der Waals surface area contributed by atoms with Gasteiger partial charge >= 0.3 is 0 Å². The molecule has 0 amide bonds. The maximum absolute atomic E-state index is 13.1. The second kappa shape index (κ2) is 5.03. The fourth-order valence-corrected chi connectivity index (χ4v) is 3.03. The molecule has 3 aromatic rings. The Morgan fingerprint density at radius 1 is 1.23 bits per heavy atom. The number of aliphatic hydroxyl groups is 1. The Morgan fingerprint density at radius 3 is 2.86 bits per heavy atom. The standard InChI is InChI=1S/C15H14FN5O/c16-10-3-1-9(2-4-10)13-5-11(22)7-21(13)15-12-6-19-20-14(12)17-8-18-15/h1-4,6,8,11,13,22H,5,7H2,(H,17,18,19,20). The molecular weight excluding hydrogens is 285 g/mol. The molecule has 0 bridgehead atoms. The fraction of sp³-hybridized carbons (Fsp3) is 0.267. The average Bonchev–Trinajstić information content (AvgIpc) is 3.14. The molecule has 1 aliphatic rings. The van der Waals surface area contributed by atoms with Gasteiger partial charge in [0, 0.05) is 6.54 Å². The second-order valence-electron chi connectivity index (χ2n) is 5.44. The van der Waals surface area contributed by atoms with E-state index in [-0.39, 0.29) is 11.9 Å². The summed E-state index contributed by atoms with van der Waals surface area (Å²) < 4.78 is 13.1. The van der Waals surface area contributed by atoms with Gasteiger partial charge in [-0.3, -0.25) is 5.10 Å². The van der Waals surface area contributed by atoms with Crippen molar-refractivity contribution in [2.75, 3.05) is 11.4 Å². The molecule has 4 rings (SSSR count). The third-order valence-electron chi connectivity index (χ3n) is 4.03. The van der Waals surface area contributed by atoms with Gasteiger partial charge in [-0.1, -0.05) is 12.1 Å². The van der Waals surface area contributed by atoms with E-state index in [0.29, 0.717) is 18.6 Å². The topological polar surface area (TPSA) is 77.9 Å². The predicted octanol–water partition coefficient (Wildman–Crippen LogP) is 1.80. The number of hydrogen-bond acceptors (Lipinski definition) is 5. The largest absolute Gasteiger partial charge is 0.391 e. The summed E-state index contributed by atoms with van der Waals surface area (Å²) >= 11 is 0. The lowest BCUT2D eigenvalue weighted by molar-refractivity contribution is 0.194. The zero-order chi connectivity index (χ0) is 15.1. The van der Waals surface area contributed by atoms with E-state index in [1.54, 1.807) is 18.3 Å². The minimum Gasteiger partial charge on any atom is -0.391 e. The summed E-state index contributed by atoms with van der Waals surface area (Å²) in [6.45, 7) is 0.472. The van der Waals surface area contributed by atoms with Crippen LogP contribution in [0.2, 0.25) is 0 Å². The Hall–Kier alpha value is -2.54. The zero-order valence-corrected chi connectivity index (χ0v) is 11.6. The van der Waals surface area contributed by atoms with Gasteiger partial charge in [-0.15, -0.1) is 0 Å². The molecule has 1 aliphatic heterocycles. The van der Waals surface area contributed by atoms with Crippen molar-refractivity contribution in [1.29, 1.82) is 0 Å². The molecule has 7 heteroatoms. The minimum absolute atomic E-state index is 0.0522. The quantitative estimate of drug-likeness (QED) is 0.754. The Labute approximate surface area is 125 Å². The highest BCUT2D eigenvalue weighted by Crippen LogP contribution is 2.37. The number of β-amino-alcohol motifs (C(OH)–C–C–N with tert-alkyl or cyclic N) is 1. The van der Waals surface area contributed by atoms with Gasteiger partial charge < -0.3 is 10.0 Å². The van der Waals surface area contributed by atoms with Crippen molar-refractivity contribution >= 4 is 16.9 Å². The normalized spacial score (nSPS) is 21.6. The van der Waals surface area contributed by atoms with Crippen molar-refractivity contribution in [3.05, 3.63) is 48.2 Å². The van der Waals surface area contributed by atoms with E-state index < -0.39 is 6.10 Å². The van der Waals surface area contributed by atoms with E-state index in [2.05, 4.69) is 20.2 Å². The van der Waals surface area contributed by atoms with Gasteiger partial charge in [0.2, 0.25) is 0 Å². The number of rotatable bonds is 2. The summed E-state index contributed by atoms with van der Waals surface area (Å²) in [5.41, 5.74) is 1.61. The van der Waals surface area contributed by atoms with Crippen molar-refractivity contribution in [3.63, 3.8) is 0 Å². The molecule has 0 radical (unpaired) electrons. The molecule has 112 valence electrons. The van der Waals surface area contributed by atoms with E-state index in [9.17, 15) is 9.50 Å². The first-order valence-electron chi connectivity index (χ1n) is 7.06. The monoisotopic (exact) mass is 299 g/mol. The van der Waals surface area contributed by atoms with Gasteiger partial charge in [-0.25, -0.2) is 14.4 Å². The molecule has 2 unspecified atom stereocenters. The molecule has 6 nitrogen and oxygen atoms in total. The lowest BCUT2D eigenvalue weighted by Crippen LogP contribution is -2.25. The number of halogens is 1. The Morgan fingerprint density at radius 2 is 2.05 bits per heavy atom. The number of anilines is 1. The first kappa shape index (κ1) is 13.1. The van der Waals surface area contributed by atoms with Crippen LogP contribution in [0.25, 0.3) is 11.0 Å². The molecule has 2 N–H and O–H groups in total. The number of aromatic amines is 1. The molecule has 1 aromatic carbocycles. The summed E-state index contributed by atoms with van der Waals surface area (Å²) in [7, 11) is 0. The van der Waals surface area contributed by atoms with Crippen LogP contribution < -0.4 is 4.90 Å². The second-order valence-corrected chi connectivity index (χ2v) is 5.44. The zero-order valence-electron chi connectivity index (χ0n) is 11.6. The van der Waals surface area contributed by atoms with Crippen LogP contribution in [-0.4, -0.2) is 37.9 Å². The number of fused-ring (bicyclic) bond motifs is 1. The third-order valence-corrected chi connectivity index (χ3v) is 4.03. The van der Waals surface area contributed by atoms with Crippen molar-refractivity contribution in [3.8, 4) is 0 Å². The summed E-state index contributed by atoms with van der Waals surface area (Å²) in [6.07, 6.45) is 3.28. The lowest BCUT2D eigenvalue weighted by atomic mass is 10.0. The molecule has 22 heavy (non-hydrogen) atoms. The van der Waals surface area contributed by atoms with Crippen LogP contribution in [0.3, 0.4) is 0 Å². The summed E-state index contributed by atoms with van der Waals surface area (Å²) in [5.74, 6) is 0.456. The molecule has 0 aliphatic carbocycles. The Kier molecular flexibility index (Phi) is 3.00. The van der Waals surface area contributed by atoms with E-state index in [1.807, 2.05) is 4.90 Å². The van der Waals surface area contributed by atoms with Crippen LogP contribution >= 0.6 is 0 Å². The highest BCUT2D eigenvalue weighted by Gasteiger charge is 2.34. The van der Waals surface area contributed by atoms with E-state index in [4.69, 9.17) is 0 Å². The smallest absolute Gasteiger partial charge is 0.160 e. The number of nitrogens with zero attached hydrogens (tertiary/aromatic N) is 4. The highest BCUT2D eigenvalue weighted by atomic mass is 19.1. The van der Waals surface area contributed by atoms with E-state index in [1.165, 1.54) is 18.5 Å². The van der Waals surface area contributed by atoms with Crippen LogP contribution in [0, 0.1) is 5.82 Å². The number of benzene rings is 1. The Balaban J connectivity index is 1.78. The van der Waals surface area contributed by atoms with Gasteiger partial charge in [-0.2, -0.15) is 5.10 Å². The molecule has 1 saturated heterocycles. The van der Waals surface area contributed by atoms with Gasteiger partial charge in [0.15, 0.2) is 5.65 Å². The van der Waals surface area contributed by atoms with Crippen LogP contribution in [0.4, 0.5) is 10.2 Å². The Bertz CT molecular complexity index is 803. The number of aliphatic hydroxyl groups excluding tert-OH is 1. The van der Waals surface area contributed by atoms with Crippen molar-refractivity contribution in [2.45, 2.75) is 18.6 Å². The third kappa shape index (κ3) is 2.10. The maximum atomic E-state index is 13.1. The van der Waals surface area contributed by atoms with Gasteiger partial charge in [0.25, 0.3) is 0 Å². The van der Waals surface area contributed by atoms with Gasteiger partial charge in [0.1, 0.15) is 18.0 Å². The first-order valence-corrected chi connectivity index (χ1v) is 7.06. The number of aromatic nitrogens is 4. The number of nitrogens with one attached hydrogen (secondary N) is 1. The predicted molar refractivity (Wildman–Crippen MR) is 78.8 cm³/mol. The van der Waals surface area contributed by atoms with Crippen molar-refractivity contribution in [1.82, 2.24) is 20.2 Å². The summed E-state index contributed by atoms with van der Waals surface area (Å²) in [6, 6.07) is 6.32. The summed E-state index contributed by atoms with van der Waals surface area (Å²) in [4.78, 5) is 10.5. The average molecular weight is 299 g/mol. The SMILES string of the molecule is OC1CC(c2ccc(F)cc2)N(c2ncnc3[nH]ncc23)C1. The van der Waals surface area contributed by atoms with Crippen LogP contribution in [0.1, 0.15) is 18.0 Å². The fourth-order valence-electron chi connectivity index (χ4n) is 3.03. The number of H-pyrrole nitrogens is 1. The molecule has 0 saturated carbocycles. The molecule has 2 atom stereocenters. The summed E-state index contributed by atoms with van der Waals surface area (Å²) in [5, 5.41) is 17.7. The minimum atomic E-state index is -0.452. The van der Waals surface area contributed by atoms with Crippen LogP contribution in [0.5, 0.6) is 0 Å². The van der Waals surface area contributed by atoms with Gasteiger partial charge in [-0.05, 0) is 24.1 Å². The molecule has 0 spiro atoms. The van der Waals surface area contributed by atoms with Crippen LogP contribution in [-0.2, 0) is 0 Å². The number of hydrogen-bond donors (Lipinski definition) is 2. The van der Waals surface area contributed by atoms with Crippen molar-refractivity contribution < 1.29 is 9.50 Å². The molecule has 1 fully saturated rings. The highest BCUT2D eigenvalue weighted by molar-refractivity contribution is 5.86. The van der Waals surface area contributed by atoms with E-state index >= 15 is 0 Å². The maximum Gasteiger partial charge on any atom is 0.160 e. The molecule has 3 heterocycles. The molecular formula is C15H14FN5O. The van der Waals surface area contributed by atoms with E-state index in [0.717, 1.165) is 16.8 Å². The first-order chi connectivity index (χ1) is 10.7. The van der Waals surface area contributed by atoms with Gasteiger partial charge in [0.05, 0.1) is 23.7 Å². The van der Waals surface area contributed by atoms with Crippen molar-refractivity contribution in [2.24, 2.45) is 0 Å². The molecule has 2 aromatic heterocycles. The lowest BCUT2D eigenvalue weighted by Gasteiger charge is -2.26. The van der Waals surface area contributed by atoms with Crippen LogP contribution in [0.15, 0.2) is 36.8 Å².